The van der Waals surface area contributed by atoms with Crippen molar-refractivity contribution in [2.75, 3.05) is 21.3 Å². The molecule has 2 amide bonds. The summed E-state index contributed by atoms with van der Waals surface area (Å²) in [6, 6.07) is 17.6. The number of benzene rings is 2. The van der Waals surface area contributed by atoms with Crippen LogP contribution in [-0.4, -0.2) is 16.9 Å². The van der Waals surface area contributed by atoms with Gasteiger partial charge in [-0.2, -0.15) is 0 Å². The van der Waals surface area contributed by atoms with Crippen molar-refractivity contribution in [1.29, 1.82) is 0 Å². The van der Waals surface area contributed by atoms with Crippen molar-refractivity contribution in [3.63, 3.8) is 0 Å². The Hall–Kier alpha value is -3.65. The zero-order valence-corrected chi connectivity index (χ0v) is 15.8. The predicted molar refractivity (Wildman–Crippen MR) is 114 cm³/mol. The first-order valence-corrected chi connectivity index (χ1v) is 8.81. The molecule has 0 radical (unpaired) electrons. The van der Waals surface area contributed by atoms with Gasteiger partial charge in [0.05, 0.1) is 6.26 Å². The van der Waals surface area contributed by atoms with E-state index >= 15 is 0 Å². The van der Waals surface area contributed by atoms with Crippen molar-refractivity contribution in [2.24, 2.45) is 0 Å². The Balaban J connectivity index is 1.56. The van der Waals surface area contributed by atoms with Crippen LogP contribution in [0.5, 0.6) is 0 Å². The molecule has 0 saturated carbocycles. The van der Waals surface area contributed by atoms with E-state index in [1.807, 2.05) is 12.1 Å². The highest BCUT2D eigenvalue weighted by molar-refractivity contribution is 7.80. The van der Waals surface area contributed by atoms with Gasteiger partial charge in [-0.3, -0.25) is 9.59 Å². The second kappa shape index (κ2) is 8.83. The lowest BCUT2D eigenvalue weighted by Crippen LogP contribution is -2.19. The minimum absolute atomic E-state index is 0.142. The molecule has 0 spiro atoms. The molecule has 4 N–H and O–H groups in total. The van der Waals surface area contributed by atoms with Crippen LogP contribution >= 0.6 is 12.2 Å². The highest BCUT2D eigenvalue weighted by Crippen LogP contribution is 2.17. The first kappa shape index (κ1) is 19.1. The van der Waals surface area contributed by atoms with E-state index in [9.17, 15) is 9.59 Å². The van der Waals surface area contributed by atoms with Gasteiger partial charge in [0, 0.05) is 29.7 Å². The van der Waals surface area contributed by atoms with Gasteiger partial charge in [0.25, 0.3) is 5.91 Å². The summed E-state index contributed by atoms with van der Waals surface area (Å²) in [5, 5.41) is 12.0. The van der Waals surface area contributed by atoms with Crippen molar-refractivity contribution in [3.05, 3.63) is 72.7 Å². The third-order valence-corrected chi connectivity index (χ3v) is 3.79. The molecule has 0 saturated heterocycles. The molecule has 0 fully saturated rings. The quantitative estimate of drug-likeness (QED) is 0.482. The van der Waals surface area contributed by atoms with E-state index in [0.29, 0.717) is 16.5 Å². The third-order valence-electron chi connectivity index (χ3n) is 3.59. The maximum atomic E-state index is 12.0. The fourth-order valence-electron chi connectivity index (χ4n) is 2.41. The SMILES string of the molecule is CC(=O)Nc1cccc(NC(=S)Nc2ccc(NC(=O)c3ccco3)cc2)c1. The van der Waals surface area contributed by atoms with Crippen LogP contribution in [0.3, 0.4) is 0 Å². The molecule has 7 nitrogen and oxygen atoms in total. The third kappa shape index (κ3) is 5.42. The number of carbonyl (C=O) groups excluding carboxylic acids is 2. The molecule has 1 aromatic heterocycles. The van der Waals surface area contributed by atoms with Gasteiger partial charge < -0.3 is 25.7 Å². The zero-order valence-electron chi connectivity index (χ0n) is 15.0. The topological polar surface area (TPSA) is 95.4 Å². The van der Waals surface area contributed by atoms with Crippen molar-refractivity contribution < 1.29 is 14.0 Å². The van der Waals surface area contributed by atoms with Gasteiger partial charge in [0.1, 0.15) is 0 Å². The molecule has 0 atom stereocenters. The molecule has 8 heteroatoms. The largest absolute Gasteiger partial charge is 0.459 e. The molecule has 0 bridgehead atoms. The predicted octanol–water partition coefficient (Wildman–Crippen LogP) is 4.30. The molecule has 0 aliphatic carbocycles. The van der Waals surface area contributed by atoms with E-state index in [1.165, 1.54) is 13.2 Å². The highest BCUT2D eigenvalue weighted by Gasteiger charge is 2.08. The Bertz CT molecular complexity index is 985. The monoisotopic (exact) mass is 394 g/mol. The van der Waals surface area contributed by atoms with Crippen molar-refractivity contribution in [3.8, 4) is 0 Å². The summed E-state index contributed by atoms with van der Waals surface area (Å²) in [5.74, 6) is -0.215. The molecule has 0 aliphatic rings. The van der Waals surface area contributed by atoms with Crippen LogP contribution in [-0.2, 0) is 4.79 Å². The van der Waals surface area contributed by atoms with Gasteiger partial charge in [-0.05, 0) is 66.8 Å². The molecule has 142 valence electrons. The average molecular weight is 394 g/mol. The fraction of sp³-hybridized carbons (Fsp3) is 0.0500. The summed E-state index contributed by atoms with van der Waals surface area (Å²) in [7, 11) is 0. The molecule has 0 unspecified atom stereocenters. The fourth-order valence-corrected chi connectivity index (χ4v) is 2.64. The summed E-state index contributed by atoms with van der Waals surface area (Å²) < 4.78 is 5.06. The summed E-state index contributed by atoms with van der Waals surface area (Å²) in [4.78, 5) is 23.1. The highest BCUT2D eigenvalue weighted by atomic mass is 32.1. The lowest BCUT2D eigenvalue weighted by molar-refractivity contribution is -0.114. The van der Waals surface area contributed by atoms with E-state index in [0.717, 1.165) is 11.4 Å². The molecule has 3 rings (SSSR count). The number of amides is 2. The normalized spacial score (nSPS) is 10.0. The molecular weight excluding hydrogens is 376 g/mol. The van der Waals surface area contributed by atoms with Gasteiger partial charge in [-0.15, -0.1) is 0 Å². The van der Waals surface area contributed by atoms with Crippen molar-refractivity contribution >= 4 is 51.9 Å². The number of carbonyl (C=O) groups is 2. The summed E-state index contributed by atoms with van der Waals surface area (Å²) in [5.41, 5.74) is 2.81. The molecule has 1 heterocycles. The second-order valence-electron chi connectivity index (χ2n) is 5.85. The van der Waals surface area contributed by atoms with Crippen LogP contribution in [0.1, 0.15) is 17.5 Å². The zero-order chi connectivity index (χ0) is 19.9. The minimum Gasteiger partial charge on any atom is -0.459 e. The van der Waals surface area contributed by atoms with Gasteiger partial charge in [-0.25, -0.2) is 0 Å². The van der Waals surface area contributed by atoms with Gasteiger partial charge in [0.2, 0.25) is 5.91 Å². The van der Waals surface area contributed by atoms with E-state index in [2.05, 4.69) is 21.3 Å². The number of rotatable bonds is 5. The molecule has 28 heavy (non-hydrogen) atoms. The van der Waals surface area contributed by atoms with E-state index < -0.39 is 0 Å². The number of nitrogens with one attached hydrogen (secondary N) is 4. The van der Waals surface area contributed by atoms with Crippen LogP contribution in [0, 0.1) is 0 Å². The maximum Gasteiger partial charge on any atom is 0.291 e. The molecule has 0 aliphatic heterocycles. The minimum atomic E-state index is -0.318. The number of thiocarbonyl (C=S) groups is 1. The van der Waals surface area contributed by atoms with E-state index in [-0.39, 0.29) is 17.6 Å². The van der Waals surface area contributed by atoms with Crippen molar-refractivity contribution in [2.45, 2.75) is 6.92 Å². The van der Waals surface area contributed by atoms with E-state index in [4.69, 9.17) is 16.6 Å². The first-order valence-electron chi connectivity index (χ1n) is 8.40. The summed E-state index contributed by atoms with van der Waals surface area (Å²) in [6.07, 6.45) is 1.45. The van der Waals surface area contributed by atoms with Crippen LogP contribution in [0.15, 0.2) is 71.3 Å². The van der Waals surface area contributed by atoms with Crippen LogP contribution in [0.25, 0.3) is 0 Å². The lowest BCUT2D eigenvalue weighted by Gasteiger charge is -2.12. The summed E-state index contributed by atoms with van der Waals surface area (Å²) in [6.45, 7) is 1.45. The Morgan fingerprint density at radius 1 is 0.786 bits per heavy atom. The Kier molecular flexibility index (Phi) is 6.03. The number of hydrogen-bond donors (Lipinski definition) is 4. The maximum absolute atomic E-state index is 12.0. The Labute approximate surface area is 167 Å². The van der Waals surface area contributed by atoms with Crippen LogP contribution in [0.2, 0.25) is 0 Å². The molecule has 3 aromatic rings. The standard InChI is InChI=1S/C20H18N4O3S/c1-13(25)21-16-4-2-5-17(12-16)24-20(28)23-15-9-7-14(8-10-15)22-19(26)18-6-3-11-27-18/h2-12H,1H3,(H,21,25)(H,22,26)(H2,23,24,28). The van der Waals surface area contributed by atoms with Crippen LogP contribution in [0.4, 0.5) is 22.7 Å². The van der Waals surface area contributed by atoms with Crippen LogP contribution < -0.4 is 21.3 Å². The molecular formula is C20H18N4O3S. The number of anilines is 4. The summed E-state index contributed by atoms with van der Waals surface area (Å²) >= 11 is 5.31. The average Bonchev–Trinajstić information content (AvgIpc) is 3.18. The Morgan fingerprint density at radius 2 is 1.39 bits per heavy atom. The lowest BCUT2D eigenvalue weighted by atomic mass is 10.2. The van der Waals surface area contributed by atoms with Crippen molar-refractivity contribution in [1.82, 2.24) is 0 Å². The van der Waals surface area contributed by atoms with E-state index in [1.54, 1.807) is 48.5 Å². The van der Waals surface area contributed by atoms with Gasteiger partial charge in [-0.1, -0.05) is 6.07 Å². The first-order chi connectivity index (χ1) is 13.5. The number of furan rings is 1. The van der Waals surface area contributed by atoms with Gasteiger partial charge >= 0.3 is 0 Å². The Morgan fingerprint density at radius 3 is 2.00 bits per heavy atom. The second-order valence-corrected chi connectivity index (χ2v) is 6.26. The van der Waals surface area contributed by atoms with Gasteiger partial charge in [0.15, 0.2) is 10.9 Å². The smallest absolute Gasteiger partial charge is 0.291 e. The number of hydrogen-bond acceptors (Lipinski definition) is 4. The molecule has 2 aromatic carbocycles.